The van der Waals surface area contributed by atoms with Gasteiger partial charge in [0, 0.05) is 24.2 Å². The molecule has 122 valence electrons. The van der Waals surface area contributed by atoms with E-state index >= 15 is 0 Å². The van der Waals surface area contributed by atoms with Crippen molar-refractivity contribution in [2.75, 3.05) is 6.61 Å². The first kappa shape index (κ1) is 16.6. The van der Waals surface area contributed by atoms with Crippen molar-refractivity contribution in [3.63, 3.8) is 0 Å². The second kappa shape index (κ2) is 6.53. The van der Waals surface area contributed by atoms with E-state index in [9.17, 15) is 9.90 Å². The van der Waals surface area contributed by atoms with Crippen LogP contribution in [0.4, 0.5) is 4.79 Å². The minimum absolute atomic E-state index is 0.164. The smallest absolute Gasteiger partial charge is 0.410 e. The van der Waals surface area contributed by atoms with Gasteiger partial charge in [0.05, 0.1) is 6.61 Å². The predicted octanol–water partition coefficient (Wildman–Crippen LogP) is 2.28. The number of hydrogen-bond acceptors (Lipinski definition) is 4. The largest absolute Gasteiger partial charge is 0.444 e. The molecule has 5 heteroatoms. The molecule has 0 aromatic carbocycles. The normalized spacial score (nSPS) is 30.3. The Morgan fingerprint density at radius 1 is 1.33 bits per heavy atom. The van der Waals surface area contributed by atoms with E-state index in [0.29, 0.717) is 6.04 Å². The number of amides is 1. The van der Waals surface area contributed by atoms with Crippen molar-refractivity contribution in [2.45, 2.75) is 89.6 Å². The van der Waals surface area contributed by atoms with Gasteiger partial charge in [-0.1, -0.05) is 6.92 Å². The molecule has 21 heavy (non-hydrogen) atoms. The van der Waals surface area contributed by atoms with Gasteiger partial charge in [-0.05, 0) is 52.9 Å². The first-order valence-corrected chi connectivity index (χ1v) is 8.22. The molecule has 2 fully saturated rings. The molecule has 2 N–H and O–H groups in total. The molecule has 0 spiro atoms. The standard InChI is InChI=1S/C16H30N2O3/c1-5-11(10-19)17-12-8-13-6-7-14(9-12)18(13)15(20)21-16(2,3)4/h11-14,17,19H,5-10H2,1-4H3/t11-,12?,13?,14?/m0/s1. The van der Waals surface area contributed by atoms with Crippen molar-refractivity contribution in [3.05, 3.63) is 0 Å². The van der Waals surface area contributed by atoms with E-state index in [-0.39, 0.29) is 30.8 Å². The predicted molar refractivity (Wildman–Crippen MR) is 82.2 cm³/mol. The molecule has 0 aromatic heterocycles. The molecule has 0 saturated carbocycles. The SMILES string of the molecule is CC[C@@H](CO)NC1CC2CCC(C1)N2C(=O)OC(C)(C)C. The van der Waals surface area contributed by atoms with Crippen molar-refractivity contribution in [2.24, 2.45) is 0 Å². The number of hydrogen-bond donors (Lipinski definition) is 2. The van der Waals surface area contributed by atoms with Crippen molar-refractivity contribution in [1.82, 2.24) is 10.2 Å². The van der Waals surface area contributed by atoms with Gasteiger partial charge >= 0.3 is 6.09 Å². The van der Waals surface area contributed by atoms with Gasteiger partial charge < -0.3 is 20.1 Å². The third kappa shape index (κ3) is 4.10. The van der Waals surface area contributed by atoms with Gasteiger partial charge in [0.2, 0.25) is 0 Å². The Hall–Kier alpha value is -0.810. The maximum Gasteiger partial charge on any atom is 0.410 e. The second-order valence-corrected chi connectivity index (χ2v) is 7.40. The number of carbonyl (C=O) groups is 1. The zero-order chi connectivity index (χ0) is 15.6. The monoisotopic (exact) mass is 298 g/mol. The molecule has 5 nitrogen and oxygen atoms in total. The van der Waals surface area contributed by atoms with Gasteiger partial charge in [-0.25, -0.2) is 4.79 Å². The van der Waals surface area contributed by atoms with Crippen molar-refractivity contribution in [1.29, 1.82) is 0 Å². The highest BCUT2D eigenvalue weighted by molar-refractivity contribution is 5.69. The van der Waals surface area contributed by atoms with Crippen molar-refractivity contribution >= 4 is 6.09 Å². The molecular weight excluding hydrogens is 268 g/mol. The highest BCUT2D eigenvalue weighted by atomic mass is 16.6. The second-order valence-electron chi connectivity index (χ2n) is 7.40. The summed E-state index contributed by atoms with van der Waals surface area (Å²) in [5.41, 5.74) is -0.435. The Labute approximate surface area is 128 Å². The van der Waals surface area contributed by atoms with Gasteiger partial charge in [0.1, 0.15) is 5.60 Å². The van der Waals surface area contributed by atoms with E-state index < -0.39 is 5.60 Å². The van der Waals surface area contributed by atoms with E-state index in [4.69, 9.17) is 4.74 Å². The minimum atomic E-state index is -0.435. The van der Waals surface area contributed by atoms with Gasteiger partial charge in [0.15, 0.2) is 0 Å². The molecule has 1 amide bonds. The van der Waals surface area contributed by atoms with Crippen LogP contribution in [0.2, 0.25) is 0 Å². The summed E-state index contributed by atoms with van der Waals surface area (Å²) >= 11 is 0. The lowest BCUT2D eigenvalue weighted by Crippen LogP contribution is -2.54. The number of piperidine rings is 1. The fourth-order valence-corrected chi connectivity index (χ4v) is 3.56. The average molecular weight is 298 g/mol. The van der Waals surface area contributed by atoms with Crippen LogP contribution in [0, 0.1) is 0 Å². The van der Waals surface area contributed by atoms with E-state index in [0.717, 1.165) is 32.1 Å². The minimum Gasteiger partial charge on any atom is -0.444 e. The Kier molecular flexibility index (Phi) is 5.15. The highest BCUT2D eigenvalue weighted by Crippen LogP contribution is 2.37. The molecule has 2 unspecified atom stereocenters. The first-order valence-electron chi connectivity index (χ1n) is 8.22. The molecule has 0 radical (unpaired) electrons. The fraction of sp³-hybridized carbons (Fsp3) is 0.938. The van der Waals surface area contributed by atoms with E-state index in [1.165, 1.54) is 0 Å². The molecule has 2 rings (SSSR count). The number of aliphatic hydroxyl groups is 1. The molecule has 2 bridgehead atoms. The highest BCUT2D eigenvalue weighted by Gasteiger charge is 2.44. The summed E-state index contributed by atoms with van der Waals surface area (Å²) in [4.78, 5) is 14.3. The van der Waals surface area contributed by atoms with Gasteiger partial charge in [0.25, 0.3) is 0 Å². The van der Waals surface area contributed by atoms with Crippen LogP contribution in [0.1, 0.15) is 59.8 Å². The maximum absolute atomic E-state index is 12.4. The molecular formula is C16H30N2O3. The van der Waals surface area contributed by atoms with Gasteiger partial charge in [-0.2, -0.15) is 0 Å². The summed E-state index contributed by atoms with van der Waals surface area (Å²) in [7, 11) is 0. The third-order valence-electron chi connectivity index (χ3n) is 4.52. The maximum atomic E-state index is 12.4. The van der Waals surface area contributed by atoms with Crippen LogP contribution in [-0.4, -0.2) is 52.5 Å². The Morgan fingerprint density at radius 3 is 2.33 bits per heavy atom. The molecule has 0 aromatic rings. The topological polar surface area (TPSA) is 61.8 Å². The molecule has 3 atom stereocenters. The molecule has 2 aliphatic heterocycles. The first-order chi connectivity index (χ1) is 9.84. The Bertz CT molecular complexity index is 349. The number of nitrogens with zero attached hydrogens (tertiary/aromatic N) is 1. The number of ether oxygens (including phenoxy) is 1. The lowest BCUT2D eigenvalue weighted by molar-refractivity contribution is 0.00386. The zero-order valence-corrected chi connectivity index (χ0v) is 13.8. The van der Waals surface area contributed by atoms with Crippen LogP contribution < -0.4 is 5.32 Å². The number of rotatable bonds is 4. The van der Waals surface area contributed by atoms with Crippen LogP contribution in [0.15, 0.2) is 0 Å². The van der Waals surface area contributed by atoms with Crippen molar-refractivity contribution < 1.29 is 14.6 Å². The van der Waals surface area contributed by atoms with Gasteiger partial charge in [-0.15, -0.1) is 0 Å². The summed E-state index contributed by atoms with van der Waals surface area (Å²) in [6.45, 7) is 7.99. The number of aliphatic hydroxyl groups excluding tert-OH is 1. The lowest BCUT2D eigenvalue weighted by atomic mass is 9.96. The van der Waals surface area contributed by atoms with Crippen LogP contribution in [-0.2, 0) is 4.74 Å². The van der Waals surface area contributed by atoms with E-state index in [2.05, 4.69) is 12.2 Å². The third-order valence-corrected chi connectivity index (χ3v) is 4.52. The van der Waals surface area contributed by atoms with Gasteiger partial charge in [-0.3, -0.25) is 0 Å². The van der Waals surface area contributed by atoms with Crippen molar-refractivity contribution in [3.8, 4) is 0 Å². The van der Waals surface area contributed by atoms with Crippen LogP contribution in [0.25, 0.3) is 0 Å². The zero-order valence-electron chi connectivity index (χ0n) is 13.8. The summed E-state index contributed by atoms with van der Waals surface area (Å²) in [5, 5.41) is 12.9. The quantitative estimate of drug-likeness (QED) is 0.836. The van der Waals surface area contributed by atoms with Crippen LogP contribution >= 0.6 is 0 Å². The number of carbonyl (C=O) groups excluding carboxylic acids is 1. The number of fused-ring (bicyclic) bond motifs is 2. The summed E-state index contributed by atoms with van der Waals surface area (Å²) in [6, 6.07) is 1.14. The van der Waals surface area contributed by atoms with E-state index in [1.54, 1.807) is 0 Å². The number of nitrogens with one attached hydrogen (secondary N) is 1. The Balaban J connectivity index is 1.94. The Morgan fingerprint density at radius 2 is 1.90 bits per heavy atom. The molecule has 2 aliphatic rings. The molecule has 0 aliphatic carbocycles. The molecule has 2 saturated heterocycles. The van der Waals surface area contributed by atoms with Crippen LogP contribution in [0.5, 0.6) is 0 Å². The summed E-state index contributed by atoms with van der Waals surface area (Å²) in [6.07, 6.45) is 4.83. The average Bonchev–Trinajstić information content (AvgIpc) is 2.66. The lowest BCUT2D eigenvalue weighted by Gasteiger charge is -2.40. The summed E-state index contributed by atoms with van der Waals surface area (Å²) in [5.74, 6) is 0. The fourth-order valence-electron chi connectivity index (χ4n) is 3.56. The molecule has 2 heterocycles. The van der Waals surface area contributed by atoms with Crippen LogP contribution in [0.3, 0.4) is 0 Å². The summed E-state index contributed by atoms with van der Waals surface area (Å²) < 4.78 is 5.54. The van der Waals surface area contributed by atoms with E-state index in [1.807, 2.05) is 25.7 Å².